The van der Waals surface area contributed by atoms with E-state index in [0.29, 0.717) is 0 Å². The first-order valence-corrected chi connectivity index (χ1v) is 41.0. The summed E-state index contributed by atoms with van der Waals surface area (Å²) in [5.74, 6) is -8.48. The highest BCUT2D eigenvalue weighted by molar-refractivity contribution is 7.46. The van der Waals surface area contributed by atoms with Crippen LogP contribution in [0.1, 0.15) is 6.42 Å². The van der Waals surface area contributed by atoms with Crippen LogP contribution in [0.2, 0.25) is 0 Å². The third-order valence-corrected chi connectivity index (χ3v) is 22.5. The van der Waals surface area contributed by atoms with Crippen LogP contribution >= 0.6 is 23.5 Å². The van der Waals surface area contributed by atoms with Gasteiger partial charge < -0.3 is 260 Å². The van der Waals surface area contributed by atoms with E-state index in [-0.39, 0.29) is 0 Å². The van der Waals surface area contributed by atoms with Gasteiger partial charge in [-0.2, -0.15) is 0 Å². The zero-order valence-electron chi connectivity index (χ0n) is 62.0. The smallest absolute Gasteiger partial charge is 0.470 e. The lowest BCUT2D eigenvalue weighted by molar-refractivity contribution is -0.423. The highest BCUT2D eigenvalue weighted by atomic mass is 31.2. The second-order valence-corrected chi connectivity index (χ2v) is 32.8. The van der Waals surface area contributed by atoms with Crippen molar-refractivity contribution in [1.82, 2.24) is 0 Å². The van der Waals surface area contributed by atoms with Crippen molar-refractivity contribution in [2.75, 3.05) is 52.9 Å². The molecule has 0 aromatic heterocycles. The molecule has 9 saturated heterocycles. The van der Waals surface area contributed by atoms with Crippen LogP contribution < -0.4 is 17.2 Å². The molecule has 706 valence electrons. The molecule has 0 bridgehead atoms. The Hall–Kier alpha value is -2.49. The van der Waals surface area contributed by atoms with E-state index in [1.54, 1.807) is 0 Å². The van der Waals surface area contributed by atoms with Crippen molar-refractivity contribution in [3.05, 3.63) is 0 Å². The molecule has 121 heavy (non-hydrogen) atoms. The Bertz CT molecular complexity index is 3440. The molecule has 38 N–H and O–H groups in total. The fraction of sp³-hybridized carbons (Fsp3) is 0.966. The lowest BCUT2D eigenvalue weighted by Crippen LogP contribution is -2.72. The lowest BCUT2D eigenvalue weighted by atomic mass is 9.91. The number of phosphoric acid groups is 3. The number of nitrogens with two attached hydrogens (primary N) is 3. The van der Waals surface area contributed by atoms with E-state index >= 15 is 0 Å². The SMILES string of the molecule is N[C@@H]1[C@@H](O)[C@H](OP(=O)(O)O)[C@@H](CO[C@@H]2O[C@H](CO[C@]3(C(=O)O)C[C@@H](OP(=O)(O)O)[C@@H](O[C@H]4O[C@H]([C@@H](O)CO)[C@@H](O)[C@H](O[C@H]5O[C@H]([C@@H](O)CO)[C@@H](O)[C@H](O[C@H]6O[C@H](CO)[C@@H](O)[C@H](O)[C@@H]6O)[C@@H]5O[C@H]5O[C@H](CO)[C@@H](O)[C@H](O[C@@H]6O[C@H](CO)[C@@H](O)[C@H](O)[C@H]6O)[C@H]5N)[C@@H]4O[C@@H]4O[C@H](C(=O)O)[C@@H](O)[C@H](O)[C@H]4O)[C@@H]([C@H](O)CO)O3)[C@@H](OP(=O)(O)O)[C@H](O)[C@H]2N)O[C@@H]1O. The van der Waals surface area contributed by atoms with Crippen LogP contribution in [0.3, 0.4) is 0 Å². The maximum Gasteiger partial charge on any atom is 0.470 e. The number of rotatable bonds is 35. The Labute approximate surface area is 677 Å². The van der Waals surface area contributed by atoms with E-state index in [2.05, 4.69) is 4.52 Å². The van der Waals surface area contributed by atoms with Gasteiger partial charge in [0.2, 0.25) is 0 Å². The monoisotopic (exact) mass is 1850 g/mol. The van der Waals surface area contributed by atoms with Crippen molar-refractivity contribution < 1.29 is 280 Å². The lowest BCUT2D eigenvalue weighted by Gasteiger charge is -2.53. The number of carbonyl (C=O) groups is 2. The first-order valence-electron chi connectivity index (χ1n) is 36.4. The van der Waals surface area contributed by atoms with Crippen LogP contribution in [0.25, 0.3) is 0 Å². The molecular formula is C58H102N3O57P3. The van der Waals surface area contributed by atoms with Crippen LogP contribution in [0.15, 0.2) is 0 Å². The molecule has 9 aliphatic rings. The van der Waals surface area contributed by atoms with Crippen LogP contribution in [0.5, 0.6) is 0 Å². The Kier molecular flexibility index (Phi) is 35.6. The molecule has 9 fully saturated rings. The van der Waals surface area contributed by atoms with E-state index in [1.807, 2.05) is 0 Å². The largest absolute Gasteiger partial charge is 0.479 e. The van der Waals surface area contributed by atoms with Gasteiger partial charge in [-0.05, 0) is 0 Å². The second kappa shape index (κ2) is 42.2. The first kappa shape index (κ1) is 102. The summed E-state index contributed by atoms with van der Waals surface area (Å²) in [5.41, 5.74) is 18.5. The van der Waals surface area contributed by atoms with E-state index in [1.165, 1.54) is 0 Å². The Morgan fingerprint density at radius 1 is 0.364 bits per heavy atom. The van der Waals surface area contributed by atoms with Crippen molar-refractivity contribution in [3.8, 4) is 0 Å². The molecule has 9 rings (SSSR count). The summed E-state index contributed by atoms with van der Waals surface area (Å²) in [5, 5.41) is 288. The maximum atomic E-state index is 13.9. The van der Waals surface area contributed by atoms with Gasteiger partial charge >= 0.3 is 35.4 Å². The number of aliphatic hydroxyl groups is 24. The van der Waals surface area contributed by atoms with Crippen LogP contribution in [0.4, 0.5) is 0 Å². The zero-order chi connectivity index (χ0) is 90.2. The number of hydrogen-bond donors (Lipinski definition) is 35. The van der Waals surface area contributed by atoms with E-state index in [9.17, 15) is 185 Å². The predicted molar refractivity (Wildman–Crippen MR) is 359 cm³/mol. The molecule has 60 nitrogen and oxygen atoms in total. The fourth-order valence-corrected chi connectivity index (χ4v) is 16.3. The van der Waals surface area contributed by atoms with Gasteiger partial charge in [0.15, 0.2) is 56.4 Å². The molecular weight excluding hydrogens is 1740 g/mol. The summed E-state index contributed by atoms with van der Waals surface area (Å²) in [6.07, 6.45) is -110. The van der Waals surface area contributed by atoms with Crippen molar-refractivity contribution in [1.29, 1.82) is 0 Å². The second-order valence-electron chi connectivity index (χ2n) is 29.2. The number of aliphatic hydroxyl groups excluding tert-OH is 24. The summed E-state index contributed by atoms with van der Waals surface area (Å²) in [4.78, 5) is 87.2. The van der Waals surface area contributed by atoms with Crippen molar-refractivity contribution in [2.45, 2.75) is 294 Å². The van der Waals surface area contributed by atoms with Crippen LogP contribution in [-0.2, 0) is 117 Å². The van der Waals surface area contributed by atoms with Gasteiger partial charge in [0.25, 0.3) is 5.79 Å². The molecule has 0 aromatic rings. The maximum absolute atomic E-state index is 13.9. The normalized spacial score (nSPS) is 47.6. The number of carboxylic acid groups (broad SMARTS) is 2. The molecule has 9 heterocycles. The minimum Gasteiger partial charge on any atom is -0.479 e. The van der Waals surface area contributed by atoms with Gasteiger partial charge in [-0.1, -0.05) is 0 Å². The summed E-state index contributed by atoms with van der Waals surface area (Å²) >= 11 is 0. The van der Waals surface area contributed by atoms with Crippen LogP contribution in [-0.4, -0.2) is 515 Å². The fourth-order valence-electron chi connectivity index (χ4n) is 14.6. The Balaban J connectivity index is 1.16. The summed E-state index contributed by atoms with van der Waals surface area (Å²) in [7, 11) is -17.9. The van der Waals surface area contributed by atoms with Gasteiger partial charge in [-0.15, -0.1) is 0 Å². The van der Waals surface area contributed by atoms with Crippen LogP contribution in [0, 0.1) is 0 Å². The molecule has 0 aromatic carbocycles. The average molecular weight is 1850 g/mol. The summed E-state index contributed by atoms with van der Waals surface area (Å²) in [6, 6.07) is -6.13. The topological polar surface area (TPSA) is 995 Å². The van der Waals surface area contributed by atoms with Gasteiger partial charge in [0, 0.05) is 6.42 Å². The van der Waals surface area contributed by atoms with Crippen molar-refractivity contribution in [2.24, 2.45) is 17.2 Å². The van der Waals surface area contributed by atoms with Gasteiger partial charge in [-0.25, -0.2) is 23.3 Å². The Morgan fingerprint density at radius 3 is 1.19 bits per heavy atom. The molecule has 0 amide bonds. The van der Waals surface area contributed by atoms with E-state index < -0.39 is 383 Å². The molecule has 0 saturated carbocycles. The minimum absolute atomic E-state index is 1.08. The number of phosphoric ester groups is 3. The molecule has 63 heteroatoms. The third-order valence-electron chi connectivity index (χ3n) is 20.9. The quantitative estimate of drug-likeness (QED) is 0.0262. The molecule has 0 spiro atoms. The summed E-state index contributed by atoms with van der Waals surface area (Å²) < 4.78 is 151. The van der Waals surface area contributed by atoms with Crippen molar-refractivity contribution in [3.63, 3.8) is 0 Å². The van der Waals surface area contributed by atoms with Crippen molar-refractivity contribution >= 4 is 35.4 Å². The number of ether oxygens (including phenoxy) is 17. The number of hydrogen-bond acceptors (Lipinski definition) is 52. The minimum atomic E-state index is -6.36. The molecule has 9 aliphatic heterocycles. The molecule has 0 aliphatic carbocycles. The van der Waals surface area contributed by atoms with Gasteiger partial charge in [-0.3, -0.25) is 13.6 Å². The predicted octanol–water partition coefficient (Wildman–Crippen LogP) is -21.7. The Morgan fingerprint density at radius 2 is 0.744 bits per heavy atom. The highest BCUT2D eigenvalue weighted by Gasteiger charge is 2.65. The standard InChI is InChI=1S/C58H102N3O57P3/c59-19-25(74)39(117-120(93,94)95)17(101-49(19)87)8-99-50-20(60)26(75)40(118-121(96,97)98)18(105-50)9-100-58(57(88)89)1-13(116-119(90,91)92)41(38(115-58)12(70)4-64)108-55-47(114-54-33(82)29(78)30(79)45(112-54)48(85)86)44(35(84)37(106-55)11(69)3-63)111-56-46(43(34(83)36(107-56)10(68)2-62)110-53-32(81)28(77)23(72)15(6-66)104-53)113-51-21(61)42(24(73)16(7-67)102-51)109-52-31(80)27(76)22(71)14(5-65)103-52/h10-47,49-56,62-84,87H,1-9,59-61H2,(H,85,86)(H,88,89)(H2,90,91,92)(H2,93,94,95)(H2,96,97,98)/t10-,11-,12+,13+,14+,15+,16+,17+,18+,19+,20+,21+,22+,23+,24+,25+,26+,27-,28-,29-,30-,31+,32-,33+,34+,35+,36+,37+,38+,39+,40+,41+,42+,43-,44-,45-,46-,47-,49-,50+,51+,52-,53+,54-,55+,56+,58+/m0/s1. The van der Waals surface area contributed by atoms with Gasteiger partial charge in [0.1, 0.15) is 208 Å². The molecule has 0 unspecified atom stereocenters. The number of carboxylic acids is 2. The zero-order valence-corrected chi connectivity index (χ0v) is 64.7. The van der Waals surface area contributed by atoms with E-state index in [0.717, 1.165) is 0 Å². The number of aliphatic carboxylic acids is 2. The third kappa shape index (κ3) is 23.3. The van der Waals surface area contributed by atoms with Gasteiger partial charge in [0.05, 0.1) is 71.0 Å². The van der Waals surface area contributed by atoms with E-state index in [4.69, 9.17) is 107 Å². The average Bonchev–Trinajstić information content (AvgIpc) is 0.745. The molecule has 47 atom stereocenters. The first-order chi connectivity index (χ1) is 56.4. The highest BCUT2D eigenvalue weighted by Crippen LogP contribution is 2.49. The molecule has 0 radical (unpaired) electrons. The summed E-state index contributed by atoms with van der Waals surface area (Å²) in [6.45, 7) is -11.2.